The Morgan fingerprint density at radius 2 is 2.04 bits per heavy atom. The van der Waals surface area contributed by atoms with E-state index in [0.29, 0.717) is 19.6 Å². The van der Waals surface area contributed by atoms with E-state index in [4.69, 9.17) is 9.84 Å². The van der Waals surface area contributed by atoms with Crippen molar-refractivity contribution < 1.29 is 19.4 Å². The third-order valence-corrected chi connectivity index (χ3v) is 3.00. The van der Waals surface area contributed by atoms with Gasteiger partial charge in [0, 0.05) is 6.54 Å². The zero-order valence-electron chi connectivity index (χ0n) is 12.7. The molecular formula is C15H18N4O4. The van der Waals surface area contributed by atoms with Gasteiger partial charge in [-0.25, -0.2) is 9.48 Å². The molecule has 0 unspecified atom stereocenters. The number of aromatic nitrogens is 3. The molecule has 1 aromatic heterocycles. The van der Waals surface area contributed by atoms with Crippen molar-refractivity contribution >= 4 is 11.9 Å². The van der Waals surface area contributed by atoms with Crippen molar-refractivity contribution in [2.24, 2.45) is 0 Å². The van der Waals surface area contributed by atoms with E-state index < -0.39 is 5.97 Å². The van der Waals surface area contributed by atoms with Crippen LogP contribution in [0.5, 0.6) is 5.75 Å². The summed E-state index contributed by atoms with van der Waals surface area (Å²) < 4.78 is 6.73. The van der Waals surface area contributed by atoms with Crippen LogP contribution in [0.15, 0.2) is 30.5 Å². The first-order chi connectivity index (χ1) is 11.0. The van der Waals surface area contributed by atoms with Gasteiger partial charge in [0.25, 0.3) is 0 Å². The van der Waals surface area contributed by atoms with E-state index in [1.165, 1.54) is 16.4 Å². The maximum Gasteiger partial charge on any atom is 0.358 e. The van der Waals surface area contributed by atoms with Crippen molar-refractivity contribution in [3.8, 4) is 5.75 Å². The van der Waals surface area contributed by atoms with E-state index in [-0.39, 0.29) is 18.1 Å². The van der Waals surface area contributed by atoms with Crippen molar-refractivity contribution in [1.82, 2.24) is 20.3 Å². The average molecular weight is 318 g/mol. The Labute approximate surface area is 133 Å². The highest BCUT2D eigenvalue weighted by molar-refractivity contribution is 5.84. The van der Waals surface area contributed by atoms with Crippen LogP contribution < -0.4 is 10.1 Å². The largest absolute Gasteiger partial charge is 0.494 e. The fourth-order valence-corrected chi connectivity index (χ4v) is 1.80. The number of amides is 1. The molecule has 122 valence electrons. The molecule has 0 fully saturated rings. The van der Waals surface area contributed by atoms with Crippen molar-refractivity contribution in [3.63, 3.8) is 0 Å². The lowest BCUT2D eigenvalue weighted by molar-refractivity contribution is -0.121. The highest BCUT2D eigenvalue weighted by Crippen LogP contribution is 2.11. The molecule has 0 spiro atoms. The number of benzene rings is 1. The van der Waals surface area contributed by atoms with Gasteiger partial charge in [-0.3, -0.25) is 4.79 Å². The number of rotatable bonds is 8. The SMILES string of the molecule is Cc1ccc(OCCCNC(=O)Cn2cc(C(=O)O)nn2)cc1. The minimum absolute atomic E-state index is 0.0703. The lowest BCUT2D eigenvalue weighted by Gasteiger charge is -2.07. The number of aryl methyl sites for hydroxylation is 1. The normalized spacial score (nSPS) is 10.3. The van der Waals surface area contributed by atoms with Crippen LogP contribution in [0.25, 0.3) is 0 Å². The maximum absolute atomic E-state index is 11.7. The lowest BCUT2D eigenvalue weighted by Crippen LogP contribution is -2.29. The van der Waals surface area contributed by atoms with Gasteiger partial charge in [-0.1, -0.05) is 22.9 Å². The number of hydrogen-bond donors (Lipinski definition) is 2. The quantitative estimate of drug-likeness (QED) is 0.700. The van der Waals surface area contributed by atoms with Crippen LogP contribution in [-0.4, -0.2) is 45.1 Å². The monoisotopic (exact) mass is 318 g/mol. The predicted molar refractivity (Wildman–Crippen MR) is 81.3 cm³/mol. The van der Waals surface area contributed by atoms with Crippen molar-refractivity contribution in [3.05, 3.63) is 41.7 Å². The second kappa shape index (κ2) is 7.92. The van der Waals surface area contributed by atoms with Crippen LogP contribution in [0.3, 0.4) is 0 Å². The summed E-state index contributed by atoms with van der Waals surface area (Å²) in [5.41, 5.74) is 0.980. The molecule has 2 rings (SSSR count). The fraction of sp³-hybridized carbons (Fsp3) is 0.333. The molecular weight excluding hydrogens is 300 g/mol. The molecule has 0 aliphatic carbocycles. The molecule has 0 radical (unpaired) electrons. The summed E-state index contributed by atoms with van der Waals surface area (Å²) >= 11 is 0. The summed E-state index contributed by atoms with van der Waals surface area (Å²) in [6, 6.07) is 7.75. The van der Waals surface area contributed by atoms with E-state index >= 15 is 0 Å². The van der Waals surface area contributed by atoms with Crippen LogP contribution in [0.2, 0.25) is 0 Å². The molecule has 2 N–H and O–H groups in total. The number of aromatic carboxylic acids is 1. The lowest BCUT2D eigenvalue weighted by atomic mass is 10.2. The molecule has 2 aromatic rings. The van der Waals surface area contributed by atoms with Gasteiger partial charge in [0.1, 0.15) is 12.3 Å². The summed E-state index contributed by atoms with van der Waals surface area (Å²) in [5, 5.41) is 18.4. The van der Waals surface area contributed by atoms with Crippen molar-refractivity contribution in [1.29, 1.82) is 0 Å². The Balaban J connectivity index is 1.62. The molecule has 8 heteroatoms. The molecule has 0 saturated heterocycles. The number of carboxylic acids is 1. The second-order valence-corrected chi connectivity index (χ2v) is 4.97. The summed E-state index contributed by atoms with van der Waals surface area (Å²) in [6.45, 7) is 2.90. The Morgan fingerprint density at radius 3 is 2.70 bits per heavy atom. The Hall–Kier alpha value is -2.90. The van der Waals surface area contributed by atoms with Crippen molar-refractivity contribution in [2.75, 3.05) is 13.2 Å². The third-order valence-electron chi connectivity index (χ3n) is 3.00. The van der Waals surface area contributed by atoms with Crippen LogP contribution in [0.1, 0.15) is 22.5 Å². The molecule has 1 amide bonds. The Kier molecular flexibility index (Phi) is 5.67. The maximum atomic E-state index is 11.7. The molecule has 1 aromatic carbocycles. The van der Waals surface area contributed by atoms with E-state index in [2.05, 4.69) is 15.6 Å². The summed E-state index contributed by atoms with van der Waals surface area (Å²) in [7, 11) is 0. The smallest absolute Gasteiger partial charge is 0.358 e. The minimum atomic E-state index is -1.18. The number of ether oxygens (including phenoxy) is 1. The van der Waals surface area contributed by atoms with Gasteiger partial charge in [-0.15, -0.1) is 5.10 Å². The molecule has 23 heavy (non-hydrogen) atoms. The van der Waals surface area contributed by atoms with Crippen LogP contribution in [0, 0.1) is 6.92 Å². The molecule has 0 aliphatic heterocycles. The van der Waals surface area contributed by atoms with E-state index in [9.17, 15) is 9.59 Å². The predicted octanol–water partition coefficient (Wildman–Crippen LogP) is 0.870. The highest BCUT2D eigenvalue weighted by atomic mass is 16.5. The van der Waals surface area contributed by atoms with Gasteiger partial charge in [0.05, 0.1) is 12.8 Å². The number of carbonyl (C=O) groups is 2. The zero-order valence-corrected chi connectivity index (χ0v) is 12.7. The molecule has 1 heterocycles. The fourth-order valence-electron chi connectivity index (χ4n) is 1.80. The third kappa shape index (κ3) is 5.42. The summed E-state index contributed by atoms with van der Waals surface area (Å²) in [6.07, 6.45) is 1.87. The summed E-state index contributed by atoms with van der Waals surface area (Å²) in [5.74, 6) is -0.641. The molecule has 0 aliphatic rings. The van der Waals surface area contributed by atoms with Gasteiger partial charge < -0.3 is 15.2 Å². The molecule has 8 nitrogen and oxygen atoms in total. The molecule has 0 atom stereocenters. The van der Waals surface area contributed by atoms with Crippen molar-refractivity contribution in [2.45, 2.75) is 19.9 Å². The Morgan fingerprint density at radius 1 is 1.30 bits per heavy atom. The number of carboxylic acid groups (broad SMARTS) is 1. The van der Waals surface area contributed by atoms with Crippen LogP contribution in [0.4, 0.5) is 0 Å². The van der Waals surface area contributed by atoms with E-state index in [0.717, 1.165) is 5.75 Å². The Bertz CT molecular complexity index is 666. The van der Waals surface area contributed by atoms with Gasteiger partial charge in [0.2, 0.25) is 5.91 Å². The minimum Gasteiger partial charge on any atom is -0.494 e. The first kappa shape index (κ1) is 16.5. The number of nitrogens with zero attached hydrogens (tertiary/aromatic N) is 3. The zero-order chi connectivity index (χ0) is 16.7. The number of hydrogen-bond acceptors (Lipinski definition) is 5. The molecule has 0 saturated carbocycles. The first-order valence-electron chi connectivity index (χ1n) is 7.14. The topological polar surface area (TPSA) is 106 Å². The van der Waals surface area contributed by atoms with E-state index in [1.807, 2.05) is 31.2 Å². The number of nitrogens with one attached hydrogen (secondary N) is 1. The van der Waals surface area contributed by atoms with E-state index in [1.54, 1.807) is 0 Å². The molecule has 0 bridgehead atoms. The van der Waals surface area contributed by atoms with Crippen LogP contribution in [-0.2, 0) is 11.3 Å². The average Bonchev–Trinajstić information content (AvgIpc) is 2.97. The second-order valence-electron chi connectivity index (χ2n) is 4.97. The summed E-state index contributed by atoms with van der Waals surface area (Å²) in [4.78, 5) is 22.3. The van der Waals surface area contributed by atoms with Gasteiger partial charge in [-0.05, 0) is 25.5 Å². The number of carbonyl (C=O) groups excluding carboxylic acids is 1. The van der Waals surface area contributed by atoms with Gasteiger partial charge >= 0.3 is 5.97 Å². The van der Waals surface area contributed by atoms with Gasteiger partial charge in [-0.2, -0.15) is 0 Å². The standard InChI is InChI=1S/C15H18N4O4/c1-11-3-5-12(6-4-11)23-8-2-7-16-14(20)10-19-9-13(15(21)22)17-18-19/h3-6,9H,2,7-8,10H2,1H3,(H,16,20)(H,21,22). The highest BCUT2D eigenvalue weighted by Gasteiger charge is 2.10. The van der Waals surface area contributed by atoms with Gasteiger partial charge in [0.15, 0.2) is 5.69 Å². The van der Waals surface area contributed by atoms with Crippen LogP contribution >= 0.6 is 0 Å². The first-order valence-corrected chi connectivity index (χ1v) is 7.14.